The summed E-state index contributed by atoms with van der Waals surface area (Å²) in [6.07, 6.45) is 16.3. The maximum Gasteiger partial charge on any atom is -0.0279 e. The predicted octanol–water partition coefficient (Wildman–Crippen LogP) is 6.71. The largest absolute Gasteiger partial charge is 0.0654 e. The molecule has 0 saturated carbocycles. The van der Waals surface area contributed by atoms with Crippen LogP contribution in [0.4, 0.5) is 0 Å². The molecule has 0 bridgehead atoms. The minimum absolute atomic E-state index is 1.26. The van der Waals surface area contributed by atoms with Crippen molar-refractivity contribution in [2.45, 2.75) is 90.9 Å². The lowest BCUT2D eigenvalue weighted by Crippen LogP contribution is -1.89. The SMILES string of the molecule is CCCCCCCc1ccc(CCCCCCC)cc1. The van der Waals surface area contributed by atoms with E-state index in [4.69, 9.17) is 0 Å². The summed E-state index contributed by atoms with van der Waals surface area (Å²) in [5, 5.41) is 0. The zero-order valence-electron chi connectivity index (χ0n) is 13.8. The number of aryl methyl sites for hydroxylation is 2. The van der Waals surface area contributed by atoms with E-state index in [-0.39, 0.29) is 0 Å². The van der Waals surface area contributed by atoms with E-state index in [1.54, 1.807) is 0 Å². The summed E-state index contributed by atoms with van der Waals surface area (Å²) in [6.45, 7) is 4.56. The highest BCUT2D eigenvalue weighted by Crippen LogP contribution is 2.13. The highest BCUT2D eigenvalue weighted by atomic mass is 14.0. The van der Waals surface area contributed by atoms with Crippen LogP contribution in [0.2, 0.25) is 0 Å². The molecule has 0 nitrogen and oxygen atoms in total. The van der Waals surface area contributed by atoms with E-state index in [0.717, 1.165) is 0 Å². The van der Waals surface area contributed by atoms with Crippen molar-refractivity contribution in [3.63, 3.8) is 0 Å². The van der Waals surface area contributed by atoms with Crippen molar-refractivity contribution in [2.75, 3.05) is 0 Å². The highest BCUT2D eigenvalue weighted by molar-refractivity contribution is 5.22. The lowest BCUT2D eigenvalue weighted by atomic mass is 10.0. The summed E-state index contributed by atoms with van der Waals surface area (Å²) in [7, 11) is 0. The Hall–Kier alpha value is -0.780. The number of rotatable bonds is 12. The first-order chi connectivity index (χ1) is 9.86. The lowest BCUT2D eigenvalue weighted by Gasteiger charge is -2.05. The van der Waals surface area contributed by atoms with Gasteiger partial charge in [0, 0.05) is 0 Å². The Morgan fingerprint density at radius 3 is 1.20 bits per heavy atom. The minimum Gasteiger partial charge on any atom is -0.0654 e. The summed E-state index contributed by atoms with van der Waals surface area (Å²) in [5.74, 6) is 0. The van der Waals surface area contributed by atoms with E-state index in [2.05, 4.69) is 38.1 Å². The smallest absolute Gasteiger partial charge is 0.0279 e. The molecule has 0 heteroatoms. The van der Waals surface area contributed by atoms with Gasteiger partial charge in [-0.2, -0.15) is 0 Å². The third-order valence-electron chi connectivity index (χ3n) is 4.16. The van der Waals surface area contributed by atoms with Crippen molar-refractivity contribution in [3.05, 3.63) is 35.4 Å². The molecular formula is C20H34. The van der Waals surface area contributed by atoms with Gasteiger partial charge in [-0.25, -0.2) is 0 Å². The molecule has 1 rings (SSSR count). The molecule has 1 aromatic carbocycles. The molecule has 0 heterocycles. The van der Waals surface area contributed by atoms with Crippen molar-refractivity contribution in [1.29, 1.82) is 0 Å². The van der Waals surface area contributed by atoms with Gasteiger partial charge in [0.1, 0.15) is 0 Å². The average molecular weight is 274 g/mol. The Morgan fingerprint density at radius 2 is 0.850 bits per heavy atom. The van der Waals surface area contributed by atoms with Crippen molar-refractivity contribution < 1.29 is 0 Å². The number of unbranched alkanes of at least 4 members (excludes halogenated alkanes) is 8. The zero-order chi connectivity index (χ0) is 14.5. The summed E-state index contributed by atoms with van der Waals surface area (Å²) >= 11 is 0. The molecule has 0 radical (unpaired) electrons. The molecule has 0 aromatic heterocycles. The molecule has 0 unspecified atom stereocenters. The minimum atomic E-state index is 1.26. The van der Waals surface area contributed by atoms with Gasteiger partial charge in [0.05, 0.1) is 0 Å². The van der Waals surface area contributed by atoms with E-state index in [1.165, 1.54) is 88.2 Å². The van der Waals surface area contributed by atoms with Crippen molar-refractivity contribution in [1.82, 2.24) is 0 Å². The molecule has 0 aliphatic rings. The molecule has 0 fully saturated rings. The van der Waals surface area contributed by atoms with Gasteiger partial charge in [-0.3, -0.25) is 0 Å². The van der Waals surface area contributed by atoms with Crippen LogP contribution < -0.4 is 0 Å². The normalized spacial score (nSPS) is 10.9. The fourth-order valence-electron chi connectivity index (χ4n) is 2.74. The standard InChI is InChI=1S/C20H34/c1-3-5-7-9-11-13-19-15-17-20(18-16-19)14-12-10-8-6-4-2/h15-18H,3-14H2,1-2H3. The molecule has 1 aromatic rings. The molecule has 0 spiro atoms. The Bertz CT molecular complexity index is 276. The molecule has 0 aliphatic heterocycles. The fraction of sp³-hybridized carbons (Fsp3) is 0.700. The van der Waals surface area contributed by atoms with Gasteiger partial charge in [0.25, 0.3) is 0 Å². The maximum absolute atomic E-state index is 2.35. The molecule has 114 valence electrons. The summed E-state index contributed by atoms with van der Waals surface area (Å²) in [5.41, 5.74) is 3.05. The van der Waals surface area contributed by atoms with Crippen LogP contribution in [0.5, 0.6) is 0 Å². The van der Waals surface area contributed by atoms with Gasteiger partial charge in [-0.05, 0) is 36.8 Å². The maximum atomic E-state index is 2.35. The van der Waals surface area contributed by atoms with Crippen LogP contribution in [0.25, 0.3) is 0 Å². The Kier molecular flexibility index (Phi) is 10.4. The van der Waals surface area contributed by atoms with E-state index < -0.39 is 0 Å². The second-order valence-electron chi connectivity index (χ2n) is 6.14. The van der Waals surface area contributed by atoms with Crippen LogP contribution >= 0.6 is 0 Å². The van der Waals surface area contributed by atoms with Gasteiger partial charge in [0.15, 0.2) is 0 Å². The van der Waals surface area contributed by atoms with Gasteiger partial charge in [-0.1, -0.05) is 89.5 Å². The van der Waals surface area contributed by atoms with Crippen LogP contribution in [-0.4, -0.2) is 0 Å². The molecule has 0 atom stereocenters. The first-order valence-electron chi connectivity index (χ1n) is 8.94. The van der Waals surface area contributed by atoms with Crippen molar-refractivity contribution in [2.24, 2.45) is 0 Å². The highest BCUT2D eigenvalue weighted by Gasteiger charge is 1.97. The van der Waals surface area contributed by atoms with Crippen LogP contribution in [-0.2, 0) is 12.8 Å². The average Bonchev–Trinajstić information content (AvgIpc) is 2.48. The van der Waals surface area contributed by atoms with Crippen molar-refractivity contribution >= 4 is 0 Å². The molecular weight excluding hydrogens is 240 g/mol. The fourth-order valence-corrected chi connectivity index (χ4v) is 2.74. The third-order valence-corrected chi connectivity index (χ3v) is 4.16. The third kappa shape index (κ3) is 8.40. The van der Waals surface area contributed by atoms with Crippen LogP contribution in [0.1, 0.15) is 89.2 Å². The first kappa shape index (κ1) is 17.3. The Balaban J connectivity index is 2.13. The van der Waals surface area contributed by atoms with E-state index >= 15 is 0 Å². The van der Waals surface area contributed by atoms with Gasteiger partial charge in [0.2, 0.25) is 0 Å². The monoisotopic (exact) mass is 274 g/mol. The second kappa shape index (κ2) is 12.0. The number of hydrogen-bond donors (Lipinski definition) is 0. The zero-order valence-corrected chi connectivity index (χ0v) is 13.8. The molecule has 0 N–H and O–H groups in total. The topological polar surface area (TPSA) is 0 Å². The first-order valence-corrected chi connectivity index (χ1v) is 8.94. The molecule has 20 heavy (non-hydrogen) atoms. The van der Waals surface area contributed by atoms with Gasteiger partial charge in [-0.15, -0.1) is 0 Å². The van der Waals surface area contributed by atoms with E-state index in [0.29, 0.717) is 0 Å². The number of hydrogen-bond acceptors (Lipinski definition) is 0. The number of benzene rings is 1. The van der Waals surface area contributed by atoms with Gasteiger partial charge >= 0.3 is 0 Å². The van der Waals surface area contributed by atoms with Crippen LogP contribution in [0, 0.1) is 0 Å². The summed E-state index contributed by atoms with van der Waals surface area (Å²) < 4.78 is 0. The van der Waals surface area contributed by atoms with Gasteiger partial charge < -0.3 is 0 Å². The second-order valence-corrected chi connectivity index (χ2v) is 6.14. The Labute approximate surface area is 127 Å². The van der Waals surface area contributed by atoms with Crippen LogP contribution in [0.15, 0.2) is 24.3 Å². The molecule has 0 amide bonds. The molecule has 0 aliphatic carbocycles. The predicted molar refractivity (Wildman–Crippen MR) is 91.4 cm³/mol. The van der Waals surface area contributed by atoms with Crippen molar-refractivity contribution in [3.8, 4) is 0 Å². The Morgan fingerprint density at radius 1 is 0.500 bits per heavy atom. The lowest BCUT2D eigenvalue weighted by molar-refractivity contribution is 0.630. The van der Waals surface area contributed by atoms with E-state index in [1.807, 2.05) is 0 Å². The van der Waals surface area contributed by atoms with E-state index in [9.17, 15) is 0 Å². The quantitative estimate of drug-likeness (QED) is 0.371. The van der Waals surface area contributed by atoms with Crippen LogP contribution in [0.3, 0.4) is 0 Å². The summed E-state index contributed by atoms with van der Waals surface area (Å²) in [4.78, 5) is 0. The summed E-state index contributed by atoms with van der Waals surface area (Å²) in [6, 6.07) is 9.39. The molecule has 0 saturated heterocycles.